The average molecular weight is 356 g/mol. The van der Waals surface area contributed by atoms with Crippen molar-refractivity contribution in [3.63, 3.8) is 0 Å². The molecule has 0 aliphatic rings. The van der Waals surface area contributed by atoms with Crippen LogP contribution in [0.3, 0.4) is 0 Å². The van der Waals surface area contributed by atoms with Gasteiger partial charge in [-0.1, -0.05) is 20.8 Å². The van der Waals surface area contributed by atoms with E-state index in [4.69, 9.17) is 13.9 Å². The molecule has 0 radical (unpaired) electrons. The van der Waals surface area contributed by atoms with Crippen molar-refractivity contribution in [2.24, 2.45) is 0 Å². The highest BCUT2D eigenvalue weighted by Gasteiger charge is 2.39. The van der Waals surface area contributed by atoms with Gasteiger partial charge in [0.05, 0.1) is 11.5 Å². The second-order valence-corrected chi connectivity index (χ2v) is 12.0. The Hall–Kier alpha value is -1.44. The van der Waals surface area contributed by atoms with E-state index in [-0.39, 0.29) is 16.8 Å². The number of rotatable bonds is 9. The molecule has 0 aliphatic heterocycles. The van der Waals surface area contributed by atoms with Gasteiger partial charge in [0, 0.05) is 18.7 Å². The normalized spacial score (nSPS) is 13.6. The number of nitro groups is 1. The third kappa shape index (κ3) is 6.22. The third-order valence-electron chi connectivity index (χ3n) is 4.26. The first-order valence-corrected chi connectivity index (χ1v) is 11.1. The molecule has 136 valence electrons. The highest BCUT2D eigenvalue weighted by Crippen LogP contribution is 2.37. The molecule has 1 aromatic carbocycles. The van der Waals surface area contributed by atoms with Gasteiger partial charge in [-0.25, -0.2) is 0 Å². The fraction of sp³-hybridized carbons (Fsp3) is 0.647. The lowest BCUT2D eigenvalue weighted by Gasteiger charge is -2.39. The molecule has 0 saturated carbocycles. The predicted octanol–water partition coefficient (Wildman–Crippen LogP) is 4.40. The van der Waals surface area contributed by atoms with E-state index in [0.29, 0.717) is 25.6 Å². The van der Waals surface area contributed by atoms with E-state index in [1.165, 1.54) is 12.1 Å². The second-order valence-electron chi connectivity index (χ2n) is 7.22. The summed E-state index contributed by atoms with van der Waals surface area (Å²) in [5, 5.41) is 10.8. The number of hydrogen-bond donors (Lipinski definition) is 0. The van der Waals surface area contributed by atoms with Crippen LogP contribution in [-0.2, 0) is 9.16 Å². The van der Waals surface area contributed by atoms with Crippen LogP contribution in [0.15, 0.2) is 24.3 Å². The molecule has 1 unspecified atom stereocenters. The van der Waals surface area contributed by atoms with Crippen LogP contribution < -0.4 is 4.74 Å². The molecule has 0 bridgehead atoms. The van der Waals surface area contributed by atoms with Crippen molar-refractivity contribution in [1.29, 1.82) is 0 Å². The van der Waals surface area contributed by atoms with E-state index in [9.17, 15) is 10.1 Å². The minimum atomic E-state index is -1.93. The van der Waals surface area contributed by atoms with Gasteiger partial charge in [0.25, 0.3) is 5.69 Å². The fourth-order valence-electron chi connectivity index (χ4n) is 1.81. The molecule has 0 aromatic heterocycles. The molecular formula is C17H29NO5Si. The van der Waals surface area contributed by atoms with Crippen LogP contribution in [0.4, 0.5) is 5.69 Å². The Labute approximate surface area is 145 Å². The van der Waals surface area contributed by atoms with Crippen molar-refractivity contribution in [3.05, 3.63) is 34.4 Å². The standard InChI is InChI=1S/C17H29NO5Si/c1-7-21-12-16(23-24(5,6)17(2,3)4)13-22-15-10-8-14(9-11-15)18(19)20/h8-11,16H,7,12-13H2,1-6H3. The first-order chi connectivity index (χ1) is 11.1. The number of non-ortho nitro benzene ring substituents is 1. The summed E-state index contributed by atoms with van der Waals surface area (Å²) in [7, 11) is -1.93. The van der Waals surface area contributed by atoms with Gasteiger partial charge in [-0.3, -0.25) is 10.1 Å². The highest BCUT2D eigenvalue weighted by molar-refractivity contribution is 6.74. The number of benzene rings is 1. The fourth-order valence-corrected chi connectivity index (χ4v) is 3.14. The molecule has 0 amide bonds. The van der Waals surface area contributed by atoms with E-state index >= 15 is 0 Å². The third-order valence-corrected chi connectivity index (χ3v) is 8.79. The Morgan fingerprint density at radius 2 is 1.75 bits per heavy atom. The van der Waals surface area contributed by atoms with Crippen LogP contribution in [-0.4, -0.2) is 39.2 Å². The first-order valence-electron chi connectivity index (χ1n) is 8.19. The Kier molecular flexibility index (Phi) is 7.38. The maximum absolute atomic E-state index is 10.7. The molecule has 1 rings (SSSR count). The van der Waals surface area contributed by atoms with E-state index in [0.717, 1.165) is 0 Å². The van der Waals surface area contributed by atoms with E-state index in [1.807, 2.05) is 6.92 Å². The number of ether oxygens (including phenoxy) is 2. The number of hydrogen-bond acceptors (Lipinski definition) is 5. The minimum absolute atomic E-state index is 0.0470. The smallest absolute Gasteiger partial charge is 0.269 e. The second kappa shape index (κ2) is 8.59. The summed E-state index contributed by atoms with van der Waals surface area (Å²) in [6.45, 7) is 14.3. The molecule has 1 aromatic rings. The Balaban J connectivity index is 2.70. The average Bonchev–Trinajstić information content (AvgIpc) is 2.49. The summed E-state index contributed by atoms with van der Waals surface area (Å²) in [5.74, 6) is 0.584. The molecule has 24 heavy (non-hydrogen) atoms. The topological polar surface area (TPSA) is 70.8 Å². The van der Waals surface area contributed by atoms with Gasteiger partial charge in [0.1, 0.15) is 18.5 Å². The lowest BCUT2D eigenvalue weighted by molar-refractivity contribution is -0.384. The Morgan fingerprint density at radius 1 is 1.17 bits per heavy atom. The van der Waals surface area contributed by atoms with E-state index in [2.05, 4.69) is 33.9 Å². The lowest BCUT2D eigenvalue weighted by atomic mass is 10.2. The monoisotopic (exact) mass is 355 g/mol. The SMILES string of the molecule is CCOCC(COc1ccc([N+](=O)[O-])cc1)O[Si](C)(C)C(C)(C)C. The van der Waals surface area contributed by atoms with Crippen LogP contribution in [0.25, 0.3) is 0 Å². The van der Waals surface area contributed by atoms with Crippen LogP contribution in [0, 0.1) is 10.1 Å². The summed E-state index contributed by atoms with van der Waals surface area (Å²) < 4.78 is 17.6. The molecule has 6 nitrogen and oxygen atoms in total. The van der Waals surface area contributed by atoms with Crippen LogP contribution in [0.2, 0.25) is 18.1 Å². The van der Waals surface area contributed by atoms with Gasteiger partial charge in [0.15, 0.2) is 8.32 Å². The number of nitro benzene ring substituents is 1. The van der Waals surface area contributed by atoms with Gasteiger partial charge >= 0.3 is 0 Å². The maximum atomic E-state index is 10.7. The summed E-state index contributed by atoms with van der Waals surface area (Å²) >= 11 is 0. The molecule has 0 heterocycles. The van der Waals surface area contributed by atoms with Gasteiger partial charge in [-0.05, 0) is 37.2 Å². The van der Waals surface area contributed by atoms with Crippen molar-refractivity contribution in [2.75, 3.05) is 19.8 Å². The minimum Gasteiger partial charge on any atom is -0.491 e. The lowest BCUT2D eigenvalue weighted by Crippen LogP contribution is -2.46. The molecule has 0 N–H and O–H groups in total. The molecular weight excluding hydrogens is 326 g/mol. The molecule has 7 heteroatoms. The summed E-state index contributed by atoms with van der Waals surface area (Å²) in [4.78, 5) is 10.3. The van der Waals surface area contributed by atoms with Crippen molar-refractivity contribution in [2.45, 2.75) is 51.9 Å². The first kappa shape index (κ1) is 20.6. The van der Waals surface area contributed by atoms with Crippen LogP contribution in [0.1, 0.15) is 27.7 Å². The van der Waals surface area contributed by atoms with Crippen molar-refractivity contribution < 1.29 is 18.8 Å². The molecule has 0 spiro atoms. The van der Waals surface area contributed by atoms with E-state index in [1.54, 1.807) is 12.1 Å². The van der Waals surface area contributed by atoms with Gasteiger partial charge < -0.3 is 13.9 Å². The highest BCUT2D eigenvalue weighted by atomic mass is 28.4. The zero-order valence-corrected chi connectivity index (χ0v) is 16.5. The van der Waals surface area contributed by atoms with Crippen molar-refractivity contribution in [1.82, 2.24) is 0 Å². The molecule has 0 saturated heterocycles. The van der Waals surface area contributed by atoms with Crippen LogP contribution in [0.5, 0.6) is 5.75 Å². The van der Waals surface area contributed by atoms with Crippen molar-refractivity contribution >= 4 is 14.0 Å². The summed E-state index contributed by atoms with van der Waals surface area (Å²) in [5.41, 5.74) is 0.0470. The Bertz CT molecular complexity index is 525. The quantitative estimate of drug-likeness (QED) is 0.373. The largest absolute Gasteiger partial charge is 0.491 e. The van der Waals surface area contributed by atoms with Gasteiger partial charge in [0.2, 0.25) is 0 Å². The molecule has 0 aliphatic carbocycles. The summed E-state index contributed by atoms with van der Waals surface area (Å²) in [6, 6.07) is 6.06. The van der Waals surface area contributed by atoms with Crippen molar-refractivity contribution in [3.8, 4) is 5.75 Å². The van der Waals surface area contributed by atoms with Gasteiger partial charge in [-0.2, -0.15) is 0 Å². The zero-order chi connectivity index (χ0) is 18.4. The number of nitrogens with zero attached hydrogens (tertiary/aromatic N) is 1. The predicted molar refractivity (Wildman–Crippen MR) is 97.2 cm³/mol. The molecule has 0 fully saturated rings. The van der Waals surface area contributed by atoms with Gasteiger partial charge in [-0.15, -0.1) is 0 Å². The summed E-state index contributed by atoms with van der Waals surface area (Å²) in [6.07, 6.45) is -0.166. The van der Waals surface area contributed by atoms with E-state index < -0.39 is 13.2 Å². The molecule has 1 atom stereocenters. The zero-order valence-electron chi connectivity index (χ0n) is 15.5. The van der Waals surface area contributed by atoms with Crippen LogP contribution >= 0.6 is 0 Å². The maximum Gasteiger partial charge on any atom is 0.269 e. The Morgan fingerprint density at radius 3 is 2.21 bits per heavy atom.